The predicted molar refractivity (Wildman–Crippen MR) is 128 cm³/mol. The topological polar surface area (TPSA) is 61.4 Å². The summed E-state index contributed by atoms with van der Waals surface area (Å²) in [6.07, 6.45) is 2.67. The number of hydrogen-bond acceptors (Lipinski definition) is 4. The second-order valence-corrected chi connectivity index (χ2v) is 9.05. The molecule has 0 unspecified atom stereocenters. The Labute approximate surface area is 193 Å². The third-order valence-corrected chi connectivity index (χ3v) is 6.88. The van der Waals surface area contributed by atoms with Gasteiger partial charge in [-0.25, -0.2) is 0 Å². The van der Waals surface area contributed by atoms with Crippen LogP contribution in [0.5, 0.6) is 0 Å². The van der Waals surface area contributed by atoms with E-state index in [1.807, 2.05) is 24.3 Å². The summed E-state index contributed by atoms with van der Waals surface area (Å²) in [7, 11) is 0. The largest absolute Gasteiger partial charge is 0.348 e. The first-order chi connectivity index (χ1) is 15.7. The minimum atomic E-state index is -0.566. The number of hydrogen-bond donors (Lipinski definition) is 2. The van der Waals surface area contributed by atoms with Gasteiger partial charge in [-0.05, 0) is 47.4 Å². The van der Waals surface area contributed by atoms with Crippen molar-refractivity contribution in [3.05, 3.63) is 93.7 Å². The summed E-state index contributed by atoms with van der Waals surface area (Å²) in [5.41, 5.74) is 3.96. The quantitative estimate of drug-likeness (QED) is 0.409. The lowest BCUT2D eigenvalue weighted by atomic mass is 9.98. The first kappa shape index (κ1) is 22.2. The number of thiophene rings is 1. The van der Waals surface area contributed by atoms with Gasteiger partial charge < -0.3 is 10.6 Å². The van der Waals surface area contributed by atoms with Crippen LogP contribution in [0.3, 0.4) is 0 Å². The highest BCUT2D eigenvalue weighted by atomic mass is 32.1. The number of rotatable bonds is 8. The molecule has 5 nitrogen and oxygen atoms in total. The first-order valence-electron chi connectivity index (χ1n) is 11.1. The second-order valence-electron chi connectivity index (χ2n) is 8.08. The molecule has 0 spiro atoms. The van der Waals surface area contributed by atoms with Gasteiger partial charge in [0.05, 0.1) is 6.04 Å². The molecule has 0 aliphatic carbocycles. The molecule has 2 N–H and O–H groups in total. The monoisotopic (exact) mass is 447 g/mol. The van der Waals surface area contributed by atoms with Gasteiger partial charge in [-0.3, -0.25) is 14.5 Å². The fourth-order valence-electron chi connectivity index (χ4n) is 4.16. The number of carbonyl (C=O) groups is 2. The average molecular weight is 448 g/mol. The molecule has 0 saturated heterocycles. The molecule has 0 bridgehead atoms. The third-order valence-electron chi connectivity index (χ3n) is 5.91. The number of amides is 2. The van der Waals surface area contributed by atoms with Crippen molar-refractivity contribution in [2.75, 3.05) is 19.6 Å². The number of benzene rings is 2. The summed E-state index contributed by atoms with van der Waals surface area (Å²) in [6, 6.07) is 22.9. The Morgan fingerprint density at radius 2 is 1.66 bits per heavy atom. The Morgan fingerprint density at radius 1 is 0.906 bits per heavy atom. The van der Waals surface area contributed by atoms with E-state index < -0.39 is 11.8 Å². The molecule has 166 valence electrons. The van der Waals surface area contributed by atoms with Crippen LogP contribution in [0.4, 0.5) is 0 Å². The number of carbonyl (C=O) groups excluding carboxylic acids is 2. The van der Waals surface area contributed by atoms with Gasteiger partial charge in [0, 0.05) is 31.1 Å². The summed E-state index contributed by atoms with van der Waals surface area (Å²) >= 11 is 1.69. The van der Waals surface area contributed by atoms with Crippen molar-refractivity contribution in [2.24, 2.45) is 0 Å². The van der Waals surface area contributed by atoms with Gasteiger partial charge in [0.15, 0.2) is 0 Å². The van der Waals surface area contributed by atoms with Crippen molar-refractivity contribution >= 4 is 23.2 Å². The molecule has 6 heteroatoms. The maximum Gasteiger partial charge on any atom is 0.309 e. The zero-order valence-corrected chi connectivity index (χ0v) is 18.9. The Balaban J connectivity index is 1.28. The molecule has 1 atom stereocenters. The minimum absolute atomic E-state index is 0.0539. The molecular weight excluding hydrogens is 418 g/mol. The highest BCUT2D eigenvalue weighted by molar-refractivity contribution is 7.10. The molecule has 1 aromatic heterocycles. The molecule has 2 aromatic carbocycles. The van der Waals surface area contributed by atoms with Gasteiger partial charge in [0.1, 0.15) is 0 Å². The van der Waals surface area contributed by atoms with Crippen LogP contribution in [0.1, 0.15) is 34.0 Å². The summed E-state index contributed by atoms with van der Waals surface area (Å²) in [5, 5.41) is 7.66. The molecule has 32 heavy (non-hydrogen) atoms. The van der Waals surface area contributed by atoms with Gasteiger partial charge in [-0.1, -0.05) is 60.7 Å². The van der Waals surface area contributed by atoms with Crippen LogP contribution in [-0.4, -0.2) is 36.3 Å². The molecule has 3 aromatic rings. The summed E-state index contributed by atoms with van der Waals surface area (Å²) in [5.74, 6) is -1.13. The molecule has 1 aliphatic heterocycles. The van der Waals surface area contributed by atoms with Crippen LogP contribution in [0.2, 0.25) is 0 Å². The second kappa shape index (κ2) is 11.1. The fraction of sp³-hybridized carbons (Fsp3) is 0.308. The van der Waals surface area contributed by atoms with Crippen LogP contribution in [0.15, 0.2) is 72.1 Å². The van der Waals surface area contributed by atoms with Crippen LogP contribution >= 0.6 is 11.3 Å². The van der Waals surface area contributed by atoms with E-state index in [2.05, 4.69) is 63.4 Å². The lowest BCUT2D eigenvalue weighted by Gasteiger charge is -2.35. The molecule has 4 rings (SSSR count). The smallest absolute Gasteiger partial charge is 0.309 e. The molecule has 0 fully saturated rings. The maximum atomic E-state index is 12.4. The SMILES string of the molecule is O=C(NCCCc1ccccc1)C(=O)NC[C@H](c1cccs1)N1CCc2ccccc2C1. The van der Waals surface area contributed by atoms with Crippen molar-refractivity contribution in [1.82, 2.24) is 15.5 Å². The van der Waals surface area contributed by atoms with Gasteiger partial charge in [0.25, 0.3) is 0 Å². The first-order valence-corrected chi connectivity index (χ1v) is 12.0. The Morgan fingerprint density at radius 3 is 2.44 bits per heavy atom. The van der Waals surface area contributed by atoms with Crippen LogP contribution in [0.25, 0.3) is 0 Å². The zero-order valence-electron chi connectivity index (χ0n) is 18.1. The number of aryl methyl sites for hydroxylation is 1. The summed E-state index contributed by atoms with van der Waals surface area (Å²) < 4.78 is 0. The lowest BCUT2D eigenvalue weighted by molar-refractivity contribution is -0.139. The van der Waals surface area contributed by atoms with Crippen molar-refractivity contribution < 1.29 is 9.59 Å². The van der Waals surface area contributed by atoms with E-state index in [1.165, 1.54) is 21.6 Å². The van der Waals surface area contributed by atoms with Crippen LogP contribution in [0, 0.1) is 0 Å². The molecule has 1 aliphatic rings. The summed E-state index contributed by atoms with van der Waals surface area (Å²) in [4.78, 5) is 28.3. The van der Waals surface area contributed by atoms with E-state index in [4.69, 9.17) is 0 Å². The van der Waals surface area contributed by atoms with E-state index in [1.54, 1.807) is 11.3 Å². The Hall–Kier alpha value is -2.96. The molecular formula is C26H29N3O2S. The van der Waals surface area contributed by atoms with Gasteiger partial charge in [-0.2, -0.15) is 0 Å². The summed E-state index contributed by atoms with van der Waals surface area (Å²) in [6.45, 7) is 2.68. The van der Waals surface area contributed by atoms with Crippen LogP contribution in [-0.2, 0) is 29.0 Å². The normalized spacial score (nSPS) is 14.4. The Bertz CT molecular complexity index is 1020. The van der Waals surface area contributed by atoms with Gasteiger partial charge >= 0.3 is 11.8 Å². The Kier molecular flexibility index (Phi) is 7.69. The molecule has 0 radical (unpaired) electrons. The highest BCUT2D eigenvalue weighted by Gasteiger charge is 2.26. The molecule has 2 heterocycles. The van der Waals surface area contributed by atoms with Crippen molar-refractivity contribution in [3.63, 3.8) is 0 Å². The molecule has 2 amide bonds. The zero-order chi connectivity index (χ0) is 22.2. The average Bonchev–Trinajstić information content (AvgIpc) is 3.37. The number of nitrogens with one attached hydrogen (secondary N) is 2. The molecule has 0 saturated carbocycles. The van der Waals surface area contributed by atoms with Gasteiger partial charge in [-0.15, -0.1) is 11.3 Å². The predicted octanol–water partition coefficient (Wildman–Crippen LogP) is 3.71. The maximum absolute atomic E-state index is 12.4. The lowest BCUT2D eigenvalue weighted by Crippen LogP contribution is -2.45. The third kappa shape index (κ3) is 5.84. The highest BCUT2D eigenvalue weighted by Crippen LogP contribution is 2.29. The number of fused-ring (bicyclic) bond motifs is 1. The van der Waals surface area contributed by atoms with Crippen molar-refractivity contribution in [3.8, 4) is 0 Å². The van der Waals surface area contributed by atoms with E-state index >= 15 is 0 Å². The van der Waals surface area contributed by atoms with Gasteiger partial charge in [0.2, 0.25) is 0 Å². The van der Waals surface area contributed by atoms with Crippen molar-refractivity contribution in [1.29, 1.82) is 0 Å². The number of nitrogens with zero attached hydrogens (tertiary/aromatic N) is 1. The van der Waals surface area contributed by atoms with Crippen LogP contribution < -0.4 is 10.6 Å². The fourth-order valence-corrected chi connectivity index (χ4v) is 5.02. The van der Waals surface area contributed by atoms with E-state index in [9.17, 15) is 9.59 Å². The van der Waals surface area contributed by atoms with E-state index in [-0.39, 0.29) is 6.04 Å². The van der Waals surface area contributed by atoms with E-state index in [0.717, 1.165) is 32.4 Å². The van der Waals surface area contributed by atoms with Crippen molar-refractivity contribution in [2.45, 2.75) is 31.8 Å². The van der Waals surface area contributed by atoms with E-state index in [0.29, 0.717) is 13.1 Å². The minimum Gasteiger partial charge on any atom is -0.348 e. The standard InChI is InChI=1S/C26H29N3O2S/c30-25(27-15-6-10-20-8-2-1-3-9-20)26(31)28-18-23(24-13-7-17-32-24)29-16-14-21-11-4-5-12-22(21)19-29/h1-5,7-9,11-13,17,23H,6,10,14-16,18-19H2,(H,27,30)(H,28,31)/t23-/m1/s1.